The third kappa shape index (κ3) is 3.69. The van der Waals surface area contributed by atoms with Crippen LogP contribution in [-0.2, 0) is 4.79 Å². The summed E-state index contributed by atoms with van der Waals surface area (Å²) in [5, 5.41) is 2.73. The van der Waals surface area contributed by atoms with E-state index in [0.29, 0.717) is 22.1 Å². The molecule has 0 saturated heterocycles. The third-order valence-electron chi connectivity index (χ3n) is 5.18. The van der Waals surface area contributed by atoms with E-state index in [2.05, 4.69) is 28.1 Å². The Bertz CT molecular complexity index is 1370. The molecule has 1 aliphatic rings. The largest absolute Gasteiger partial charge is 0.282 e. The molecular weight excluding hydrogens is 472 g/mol. The molecule has 0 unspecified atom stereocenters. The molecule has 31 heavy (non-hydrogen) atoms. The molecule has 1 heterocycles. The van der Waals surface area contributed by atoms with Crippen molar-refractivity contribution in [2.24, 2.45) is 4.99 Å². The summed E-state index contributed by atoms with van der Waals surface area (Å²) in [5.74, 6) is 0.328. The predicted molar refractivity (Wildman–Crippen MR) is 132 cm³/mol. The number of carbonyl (C=O) groups excluding carboxylic acids is 1. The molecule has 150 valence electrons. The summed E-state index contributed by atoms with van der Waals surface area (Å²) in [6.07, 6.45) is 1.85. The molecule has 0 aromatic heterocycles. The van der Waals surface area contributed by atoms with Gasteiger partial charge in [0.05, 0.1) is 10.7 Å². The summed E-state index contributed by atoms with van der Waals surface area (Å²) in [7, 11) is 0. The average molecular weight is 488 g/mol. The fraction of sp³-hybridized carbons (Fsp3) is 0. The lowest BCUT2D eigenvalue weighted by Gasteiger charge is -2.19. The van der Waals surface area contributed by atoms with Gasteiger partial charge in [0.1, 0.15) is 11.5 Å². The fourth-order valence-corrected chi connectivity index (χ4v) is 4.18. The zero-order chi connectivity index (χ0) is 21.4. The highest BCUT2D eigenvalue weighted by Gasteiger charge is 2.33. The van der Waals surface area contributed by atoms with Crippen molar-refractivity contribution in [3.05, 3.63) is 117 Å². The maximum absolute atomic E-state index is 13.5. The number of aliphatic imine (C=N–C) groups is 1. The van der Waals surface area contributed by atoms with Crippen LogP contribution in [0.1, 0.15) is 11.1 Å². The van der Waals surface area contributed by atoms with Crippen LogP contribution < -0.4 is 4.90 Å². The summed E-state index contributed by atoms with van der Waals surface area (Å²) >= 11 is 9.92. The quantitative estimate of drug-likeness (QED) is 0.284. The second-order valence-corrected chi connectivity index (χ2v) is 8.45. The average Bonchev–Trinajstić information content (AvgIpc) is 3.11. The van der Waals surface area contributed by atoms with Crippen LogP contribution in [0.4, 0.5) is 5.69 Å². The molecule has 5 rings (SSSR count). The Morgan fingerprint density at radius 2 is 1.55 bits per heavy atom. The molecule has 3 nitrogen and oxygen atoms in total. The second-order valence-electron chi connectivity index (χ2n) is 7.13. The van der Waals surface area contributed by atoms with Crippen molar-refractivity contribution in [1.29, 1.82) is 0 Å². The van der Waals surface area contributed by atoms with Crippen molar-refractivity contribution in [2.75, 3.05) is 4.90 Å². The SMILES string of the molecule is O=C1/C(=C\c2cccc3ccccc23)N=C(c2ccccc2Cl)N1c1ccc(Br)cc1. The molecule has 4 aromatic carbocycles. The van der Waals surface area contributed by atoms with Gasteiger partial charge in [0.25, 0.3) is 5.91 Å². The Kier molecular flexibility index (Phi) is 5.18. The molecule has 5 heteroatoms. The monoisotopic (exact) mass is 486 g/mol. The fourth-order valence-electron chi connectivity index (χ4n) is 3.69. The van der Waals surface area contributed by atoms with E-state index >= 15 is 0 Å². The molecule has 0 N–H and O–H groups in total. The first kappa shape index (κ1) is 19.7. The minimum absolute atomic E-state index is 0.190. The second kappa shape index (κ2) is 8.14. The van der Waals surface area contributed by atoms with Gasteiger partial charge in [-0.25, -0.2) is 4.99 Å². The van der Waals surface area contributed by atoms with Crippen LogP contribution in [0.15, 0.2) is 106 Å². The number of hydrogen-bond acceptors (Lipinski definition) is 2. The van der Waals surface area contributed by atoms with Crippen LogP contribution in [0.3, 0.4) is 0 Å². The number of halogens is 2. The number of anilines is 1. The van der Waals surface area contributed by atoms with E-state index in [-0.39, 0.29) is 5.91 Å². The molecule has 0 saturated carbocycles. The van der Waals surface area contributed by atoms with Gasteiger partial charge in [0.15, 0.2) is 0 Å². The number of hydrogen-bond donors (Lipinski definition) is 0. The molecule has 0 aliphatic carbocycles. The van der Waals surface area contributed by atoms with Gasteiger partial charge in [-0.2, -0.15) is 0 Å². The van der Waals surface area contributed by atoms with Crippen LogP contribution in [-0.4, -0.2) is 11.7 Å². The predicted octanol–water partition coefficient (Wildman–Crippen LogP) is 7.09. The first-order valence-corrected chi connectivity index (χ1v) is 10.9. The number of rotatable bonds is 3. The molecular formula is C26H16BrClN2O. The van der Waals surface area contributed by atoms with Crippen LogP contribution >= 0.6 is 27.5 Å². The lowest BCUT2D eigenvalue weighted by Crippen LogP contribution is -2.32. The number of amides is 1. The van der Waals surface area contributed by atoms with Gasteiger partial charge in [-0.05, 0) is 58.8 Å². The van der Waals surface area contributed by atoms with Gasteiger partial charge >= 0.3 is 0 Å². The van der Waals surface area contributed by atoms with E-state index in [1.54, 1.807) is 11.0 Å². The van der Waals surface area contributed by atoms with E-state index in [1.807, 2.05) is 78.9 Å². The Morgan fingerprint density at radius 3 is 2.35 bits per heavy atom. The van der Waals surface area contributed by atoms with Crippen molar-refractivity contribution in [3.8, 4) is 0 Å². The van der Waals surface area contributed by atoms with Crippen LogP contribution in [0.2, 0.25) is 5.02 Å². The Hall–Kier alpha value is -3.21. The number of nitrogens with zero attached hydrogens (tertiary/aromatic N) is 2. The maximum Gasteiger partial charge on any atom is 0.282 e. The standard InChI is InChI=1S/C26H16BrClN2O/c27-19-12-14-20(15-13-19)30-25(22-10-3-4-11-23(22)28)29-24(26(30)31)16-18-8-5-7-17-6-1-2-9-21(17)18/h1-16H/b24-16+. The van der Waals surface area contributed by atoms with E-state index in [9.17, 15) is 4.79 Å². The summed E-state index contributed by atoms with van der Waals surface area (Å²) in [6.45, 7) is 0. The molecule has 4 aromatic rings. The normalized spacial score (nSPS) is 15.0. The maximum atomic E-state index is 13.5. The molecule has 1 amide bonds. The first-order chi connectivity index (χ1) is 15.1. The zero-order valence-corrected chi connectivity index (χ0v) is 18.6. The Labute approximate surface area is 193 Å². The highest BCUT2D eigenvalue weighted by molar-refractivity contribution is 9.10. The number of carbonyl (C=O) groups is 1. The minimum Gasteiger partial charge on any atom is -0.266 e. The summed E-state index contributed by atoms with van der Waals surface area (Å²) in [4.78, 5) is 19.9. The van der Waals surface area contributed by atoms with E-state index in [4.69, 9.17) is 16.6 Å². The highest BCUT2D eigenvalue weighted by Crippen LogP contribution is 2.32. The van der Waals surface area contributed by atoms with Crippen molar-refractivity contribution >= 4 is 61.8 Å². The smallest absolute Gasteiger partial charge is 0.266 e. The number of amidine groups is 1. The molecule has 0 bridgehead atoms. The Balaban J connectivity index is 1.68. The van der Waals surface area contributed by atoms with Gasteiger partial charge in [-0.3, -0.25) is 9.69 Å². The summed E-state index contributed by atoms with van der Waals surface area (Å²) in [5.41, 5.74) is 2.76. The van der Waals surface area contributed by atoms with Crippen molar-refractivity contribution in [3.63, 3.8) is 0 Å². The van der Waals surface area contributed by atoms with Gasteiger partial charge in [0.2, 0.25) is 0 Å². The molecule has 0 spiro atoms. The first-order valence-electron chi connectivity index (χ1n) is 9.75. The van der Waals surface area contributed by atoms with E-state index in [1.165, 1.54) is 0 Å². The minimum atomic E-state index is -0.190. The summed E-state index contributed by atoms with van der Waals surface area (Å²) < 4.78 is 0.936. The Morgan fingerprint density at radius 1 is 0.839 bits per heavy atom. The van der Waals surface area contributed by atoms with Gasteiger partial charge in [-0.1, -0.05) is 82.1 Å². The lowest BCUT2D eigenvalue weighted by atomic mass is 10.0. The molecule has 1 aliphatic heterocycles. The van der Waals surface area contributed by atoms with Crippen LogP contribution in [0.25, 0.3) is 16.8 Å². The van der Waals surface area contributed by atoms with Gasteiger partial charge in [-0.15, -0.1) is 0 Å². The van der Waals surface area contributed by atoms with Crippen molar-refractivity contribution in [1.82, 2.24) is 0 Å². The molecule has 0 radical (unpaired) electrons. The van der Waals surface area contributed by atoms with Gasteiger partial charge < -0.3 is 0 Å². The van der Waals surface area contributed by atoms with Crippen molar-refractivity contribution < 1.29 is 4.79 Å². The van der Waals surface area contributed by atoms with Gasteiger partial charge in [0, 0.05) is 10.0 Å². The highest BCUT2D eigenvalue weighted by atomic mass is 79.9. The van der Waals surface area contributed by atoms with Crippen LogP contribution in [0.5, 0.6) is 0 Å². The molecule has 0 atom stereocenters. The lowest BCUT2D eigenvalue weighted by molar-refractivity contribution is -0.113. The number of benzene rings is 4. The summed E-state index contributed by atoms with van der Waals surface area (Å²) in [6, 6.07) is 29.1. The van der Waals surface area contributed by atoms with E-state index < -0.39 is 0 Å². The van der Waals surface area contributed by atoms with E-state index in [0.717, 1.165) is 26.5 Å². The number of fused-ring (bicyclic) bond motifs is 1. The molecule has 0 fully saturated rings. The van der Waals surface area contributed by atoms with Crippen LogP contribution in [0, 0.1) is 0 Å². The zero-order valence-electron chi connectivity index (χ0n) is 16.3. The third-order valence-corrected chi connectivity index (χ3v) is 6.03. The van der Waals surface area contributed by atoms with Crippen molar-refractivity contribution in [2.45, 2.75) is 0 Å². The topological polar surface area (TPSA) is 32.7 Å².